The van der Waals surface area contributed by atoms with Crippen LogP contribution in [-0.2, 0) is 14.8 Å². The Morgan fingerprint density at radius 2 is 1.51 bits per heavy atom. The maximum absolute atomic E-state index is 14.6. The summed E-state index contributed by atoms with van der Waals surface area (Å²) in [5, 5.41) is 12.5. The van der Waals surface area contributed by atoms with Gasteiger partial charge in [0.25, 0.3) is 5.91 Å². The third kappa shape index (κ3) is 6.70. The summed E-state index contributed by atoms with van der Waals surface area (Å²) < 4.78 is 41.5. The molecule has 8 nitrogen and oxygen atoms in total. The number of aliphatic carboxylic acids is 1. The van der Waals surface area contributed by atoms with Crippen molar-refractivity contribution in [1.29, 1.82) is 0 Å². The zero-order valence-electron chi connectivity index (χ0n) is 21.0. The summed E-state index contributed by atoms with van der Waals surface area (Å²) in [5.41, 5.74) is 1.68. The summed E-state index contributed by atoms with van der Waals surface area (Å²) in [6.45, 7) is 1.90. The van der Waals surface area contributed by atoms with Gasteiger partial charge in [0.2, 0.25) is 10.0 Å². The largest absolute Gasteiger partial charge is 0.480 e. The number of carbonyl (C=O) groups excluding carboxylic acids is 1. The van der Waals surface area contributed by atoms with Crippen LogP contribution in [0, 0.1) is 5.82 Å². The van der Waals surface area contributed by atoms with E-state index in [0.29, 0.717) is 23.1 Å². The molecule has 2 N–H and O–H groups in total. The smallest absolute Gasteiger partial charge is 0.325 e. The molecule has 1 saturated heterocycles. The Bertz CT molecular complexity index is 1430. The molecule has 0 saturated carbocycles. The Hall–Kier alpha value is -3.18. The third-order valence-electron chi connectivity index (χ3n) is 6.43. The molecule has 1 amide bonds. The summed E-state index contributed by atoms with van der Waals surface area (Å²) in [5.74, 6) is -2.92. The number of anilines is 1. The molecule has 39 heavy (non-hydrogen) atoms. The number of carboxylic acids is 1. The lowest BCUT2D eigenvalue weighted by Crippen LogP contribution is -2.61. The van der Waals surface area contributed by atoms with Gasteiger partial charge < -0.3 is 10.4 Å². The molecular formula is C27H26Cl2FN3O5S. The number of sulfonamides is 1. The Morgan fingerprint density at radius 3 is 1.97 bits per heavy atom. The molecule has 0 unspecified atom stereocenters. The molecule has 1 fully saturated rings. The minimum atomic E-state index is -3.88. The van der Waals surface area contributed by atoms with Crippen LogP contribution in [0.1, 0.15) is 34.5 Å². The number of carbonyl (C=O) groups is 2. The molecule has 3 aromatic rings. The van der Waals surface area contributed by atoms with Crippen molar-refractivity contribution in [3.05, 3.63) is 99.3 Å². The van der Waals surface area contributed by atoms with Gasteiger partial charge in [0, 0.05) is 28.7 Å². The summed E-state index contributed by atoms with van der Waals surface area (Å²) in [7, 11) is -3.88. The second-order valence-corrected chi connectivity index (χ2v) is 12.1. The molecule has 1 aliphatic heterocycles. The van der Waals surface area contributed by atoms with Gasteiger partial charge in [-0.2, -0.15) is 0 Å². The van der Waals surface area contributed by atoms with Crippen LogP contribution in [-0.4, -0.2) is 61.7 Å². The van der Waals surface area contributed by atoms with Crippen molar-refractivity contribution >= 4 is 50.8 Å². The van der Waals surface area contributed by atoms with E-state index < -0.39 is 39.8 Å². The molecule has 4 rings (SSSR count). The summed E-state index contributed by atoms with van der Waals surface area (Å²) in [6, 6.07) is 16.0. The highest BCUT2D eigenvalue weighted by Crippen LogP contribution is 2.37. The highest BCUT2D eigenvalue weighted by Gasteiger charge is 2.41. The predicted molar refractivity (Wildman–Crippen MR) is 148 cm³/mol. The van der Waals surface area contributed by atoms with E-state index in [0.717, 1.165) is 33.8 Å². The van der Waals surface area contributed by atoms with E-state index >= 15 is 0 Å². The Morgan fingerprint density at radius 1 is 1.00 bits per heavy atom. The fraction of sp³-hybridized carbons (Fsp3) is 0.259. The SMILES string of the molecule is C[C@@H](NC(=O)c1cc(F)cc(N(C2CN(C(c3ccc(Cl)cc3)c3ccc(Cl)cc3)C2)S(C)(=O)=O)c1)C(=O)O. The first kappa shape index (κ1) is 28.8. The Kier molecular flexibility index (Phi) is 8.51. The van der Waals surface area contributed by atoms with E-state index in [9.17, 15) is 22.4 Å². The number of nitrogens with zero attached hydrogens (tertiary/aromatic N) is 2. The maximum atomic E-state index is 14.6. The molecule has 0 bridgehead atoms. The summed E-state index contributed by atoms with van der Waals surface area (Å²) >= 11 is 12.2. The zero-order valence-corrected chi connectivity index (χ0v) is 23.3. The molecule has 0 radical (unpaired) electrons. The van der Waals surface area contributed by atoms with Gasteiger partial charge in [-0.25, -0.2) is 12.8 Å². The topological polar surface area (TPSA) is 107 Å². The lowest BCUT2D eigenvalue weighted by Gasteiger charge is -2.48. The van der Waals surface area contributed by atoms with Crippen LogP contribution in [0.3, 0.4) is 0 Å². The van der Waals surface area contributed by atoms with E-state index in [-0.39, 0.29) is 17.3 Å². The van der Waals surface area contributed by atoms with Crippen LogP contribution in [0.15, 0.2) is 66.7 Å². The molecule has 1 atom stereocenters. The normalized spacial score (nSPS) is 15.0. The first-order valence-corrected chi connectivity index (χ1v) is 14.5. The number of hydrogen-bond donors (Lipinski definition) is 2. The minimum Gasteiger partial charge on any atom is -0.480 e. The third-order valence-corrected chi connectivity index (χ3v) is 8.16. The van der Waals surface area contributed by atoms with E-state index in [1.54, 1.807) is 24.3 Å². The monoisotopic (exact) mass is 593 g/mol. The van der Waals surface area contributed by atoms with Gasteiger partial charge in [-0.05, 0) is 60.5 Å². The van der Waals surface area contributed by atoms with E-state index in [4.69, 9.17) is 28.3 Å². The average molecular weight is 594 g/mol. The number of rotatable bonds is 9. The van der Waals surface area contributed by atoms with Crippen LogP contribution in [0.25, 0.3) is 0 Å². The molecule has 1 heterocycles. The molecule has 3 aromatic carbocycles. The number of benzene rings is 3. The molecular weight excluding hydrogens is 568 g/mol. The Balaban J connectivity index is 1.63. The Labute approximate surface area is 236 Å². The van der Waals surface area contributed by atoms with Crippen molar-refractivity contribution in [3.8, 4) is 0 Å². The van der Waals surface area contributed by atoms with Crippen LogP contribution in [0.5, 0.6) is 0 Å². The van der Waals surface area contributed by atoms with Crippen molar-refractivity contribution in [2.24, 2.45) is 0 Å². The summed E-state index contributed by atoms with van der Waals surface area (Å²) in [6.07, 6.45) is 1.02. The van der Waals surface area contributed by atoms with Crippen LogP contribution < -0.4 is 9.62 Å². The number of carboxylic acid groups (broad SMARTS) is 1. The molecule has 0 spiro atoms. The molecule has 0 aliphatic carbocycles. The van der Waals surface area contributed by atoms with Crippen LogP contribution in [0.2, 0.25) is 10.0 Å². The molecule has 0 aromatic heterocycles. The van der Waals surface area contributed by atoms with Gasteiger partial charge in [-0.1, -0.05) is 47.5 Å². The second-order valence-electron chi connectivity index (χ2n) is 9.40. The fourth-order valence-corrected chi connectivity index (χ4v) is 6.01. The number of halogens is 3. The lowest BCUT2D eigenvalue weighted by atomic mass is 9.93. The van der Waals surface area contributed by atoms with Crippen molar-refractivity contribution in [2.45, 2.75) is 25.0 Å². The van der Waals surface area contributed by atoms with Gasteiger partial charge in [-0.15, -0.1) is 0 Å². The fourth-order valence-electron chi connectivity index (χ4n) is 4.60. The van der Waals surface area contributed by atoms with Gasteiger partial charge in [0.05, 0.1) is 24.0 Å². The van der Waals surface area contributed by atoms with E-state index in [2.05, 4.69) is 10.2 Å². The first-order chi connectivity index (χ1) is 18.3. The van der Waals surface area contributed by atoms with E-state index in [1.165, 1.54) is 13.0 Å². The van der Waals surface area contributed by atoms with Crippen molar-refractivity contribution in [2.75, 3.05) is 23.7 Å². The van der Waals surface area contributed by atoms with Gasteiger partial charge >= 0.3 is 5.97 Å². The van der Waals surface area contributed by atoms with E-state index in [1.807, 2.05) is 24.3 Å². The highest BCUT2D eigenvalue weighted by atomic mass is 35.5. The quantitative estimate of drug-likeness (QED) is 0.376. The van der Waals surface area contributed by atoms with Crippen molar-refractivity contribution < 1.29 is 27.5 Å². The van der Waals surface area contributed by atoms with Crippen LogP contribution >= 0.6 is 23.2 Å². The maximum Gasteiger partial charge on any atom is 0.325 e. The number of hydrogen-bond acceptors (Lipinski definition) is 5. The molecule has 12 heteroatoms. The number of amides is 1. The van der Waals surface area contributed by atoms with Gasteiger partial charge in [0.15, 0.2) is 0 Å². The molecule has 206 valence electrons. The second kappa shape index (κ2) is 11.5. The number of nitrogens with one attached hydrogen (secondary N) is 1. The highest BCUT2D eigenvalue weighted by molar-refractivity contribution is 7.92. The van der Waals surface area contributed by atoms with Crippen molar-refractivity contribution in [1.82, 2.24) is 10.2 Å². The van der Waals surface area contributed by atoms with Crippen LogP contribution in [0.4, 0.5) is 10.1 Å². The number of likely N-dealkylation sites (tertiary alicyclic amines) is 1. The van der Waals surface area contributed by atoms with Gasteiger partial charge in [0.1, 0.15) is 11.9 Å². The van der Waals surface area contributed by atoms with Gasteiger partial charge in [-0.3, -0.25) is 18.8 Å². The van der Waals surface area contributed by atoms with Crippen molar-refractivity contribution in [3.63, 3.8) is 0 Å². The standard InChI is InChI=1S/C27H26Cl2FN3O5S/c1-16(27(35)36)31-26(34)19-11-22(30)13-23(12-19)33(39(2,37)38)24-14-32(15-24)25(17-3-7-20(28)8-4-17)18-5-9-21(29)10-6-18/h3-13,16,24-25H,14-15H2,1-2H3,(H,31,34)(H,35,36)/t16-/m1/s1. The summed E-state index contributed by atoms with van der Waals surface area (Å²) in [4.78, 5) is 25.7. The lowest BCUT2D eigenvalue weighted by molar-refractivity contribution is -0.138. The minimum absolute atomic E-state index is 0.0233. The zero-order chi connectivity index (χ0) is 28.5. The first-order valence-electron chi connectivity index (χ1n) is 11.9. The predicted octanol–water partition coefficient (Wildman–Crippen LogP) is 4.58. The molecule has 1 aliphatic rings. The average Bonchev–Trinajstić information content (AvgIpc) is 2.83.